The van der Waals surface area contributed by atoms with E-state index < -0.39 is 0 Å². The molecular weight excluding hydrogens is 236 g/mol. The van der Waals surface area contributed by atoms with E-state index in [0.717, 1.165) is 24.7 Å². The van der Waals surface area contributed by atoms with Gasteiger partial charge in [0.2, 0.25) is 0 Å². The Morgan fingerprint density at radius 3 is 2.79 bits per heavy atom. The quantitative estimate of drug-likeness (QED) is 0.785. The SMILES string of the molecule is CCCNC(Cc1ncnn1C(C)C)CC1CCC1. The van der Waals surface area contributed by atoms with Crippen molar-refractivity contribution in [3.63, 3.8) is 0 Å². The van der Waals surface area contributed by atoms with Gasteiger partial charge in [-0.2, -0.15) is 5.10 Å². The lowest BCUT2D eigenvalue weighted by Crippen LogP contribution is -2.36. The maximum Gasteiger partial charge on any atom is 0.138 e. The van der Waals surface area contributed by atoms with E-state index in [1.807, 2.05) is 0 Å². The van der Waals surface area contributed by atoms with E-state index >= 15 is 0 Å². The maximum absolute atomic E-state index is 4.45. The standard InChI is InChI=1S/C15H28N4/c1-4-8-16-14(9-13-6-5-7-13)10-15-17-11-18-19(15)12(2)3/h11-14,16H,4-10H2,1-3H3. The van der Waals surface area contributed by atoms with Crippen LogP contribution in [-0.2, 0) is 6.42 Å². The lowest BCUT2D eigenvalue weighted by molar-refractivity contribution is 0.256. The lowest BCUT2D eigenvalue weighted by Gasteiger charge is -2.30. The fourth-order valence-electron chi connectivity index (χ4n) is 2.79. The maximum atomic E-state index is 4.45. The number of nitrogens with zero attached hydrogens (tertiary/aromatic N) is 3. The molecule has 0 spiro atoms. The van der Waals surface area contributed by atoms with Crippen LogP contribution in [0.3, 0.4) is 0 Å². The minimum atomic E-state index is 0.396. The highest BCUT2D eigenvalue weighted by molar-refractivity contribution is 4.92. The largest absolute Gasteiger partial charge is 0.314 e. The summed E-state index contributed by atoms with van der Waals surface area (Å²) >= 11 is 0. The van der Waals surface area contributed by atoms with Crippen LogP contribution in [0.5, 0.6) is 0 Å². The predicted molar refractivity (Wildman–Crippen MR) is 78.2 cm³/mol. The van der Waals surface area contributed by atoms with Gasteiger partial charge in [0, 0.05) is 18.5 Å². The van der Waals surface area contributed by atoms with Gasteiger partial charge < -0.3 is 5.32 Å². The van der Waals surface area contributed by atoms with E-state index in [4.69, 9.17) is 0 Å². The third kappa shape index (κ3) is 4.03. The summed E-state index contributed by atoms with van der Waals surface area (Å²) in [5.74, 6) is 2.06. The highest BCUT2D eigenvalue weighted by Gasteiger charge is 2.23. The molecule has 19 heavy (non-hydrogen) atoms. The van der Waals surface area contributed by atoms with Crippen molar-refractivity contribution >= 4 is 0 Å². The monoisotopic (exact) mass is 264 g/mol. The van der Waals surface area contributed by atoms with Gasteiger partial charge in [-0.3, -0.25) is 0 Å². The summed E-state index contributed by atoms with van der Waals surface area (Å²) in [5.41, 5.74) is 0. The molecule has 1 aromatic rings. The molecule has 4 nitrogen and oxygen atoms in total. The molecule has 0 aliphatic heterocycles. The van der Waals surface area contributed by atoms with Crippen molar-refractivity contribution in [2.24, 2.45) is 5.92 Å². The van der Waals surface area contributed by atoms with Crippen LogP contribution in [0.2, 0.25) is 0 Å². The zero-order valence-corrected chi connectivity index (χ0v) is 12.6. The smallest absolute Gasteiger partial charge is 0.138 e. The highest BCUT2D eigenvalue weighted by atomic mass is 15.3. The Hall–Kier alpha value is -0.900. The molecule has 1 aliphatic carbocycles. The first-order valence-corrected chi connectivity index (χ1v) is 7.82. The van der Waals surface area contributed by atoms with Crippen LogP contribution >= 0.6 is 0 Å². The highest BCUT2D eigenvalue weighted by Crippen LogP contribution is 2.31. The van der Waals surface area contributed by atoms with Crippen LogP contribution in [0.1, 0.15) is 64.7 Å². The minimum absolute atomic E-state index is 0.396. The van der Waals surface area contributed by atoms with Gasteiger partial charge >= 0.3 is 0 Å². The molecule has 1 N–H and O–H groups in total. The fraction of sp³-hybridized carbons (Fsp3) is 0.867. The average molecular weight is 264 g/mol. The number of hydrogen-bond acceptors (Lipinski definition) is 3. The Morgan fingerprint density at radius 2 is 2.21 bits per heavy atom. The normalized spacial score (nSPS) is 17.7. The Kier molecular flexibility index (Phi) is 5.37. The number of aromatic nitrogens is 3. The van der Waals surface area contributed by atoms with Crippen LogP contribution < -0.4 is 5.32 Å². The van der Waals surface area contributed by atoms with Crippen molar-refractivity contribution < 1.29 is 0 Å². The molecule has 1 fully saturated rings. The summed E-state index contributed by atoms with van der Waals surface area (Å²) in [6.45, 7) is 7.66. The number of rotatable bonds is 8. The third-order valence-electron chi connectivity index (χ3n) is 4.09. The van der Waals surface area contributed by atoms with Gasteiger partial charge in [-0.05, 0) is 39.2 Å². The Morgan fingerprint density at radius 1 is 1.42 bits per heavy atom. The number of nitrogens with one attached hydrogen (secondary N) is 1. The molecule has 0 saturated heterocycles. The summed E-state index contributed by atoms with van der Waals surface area (Å²) in [5, 5.41) is 8.03. The van der Waals surface area contributed by atoms with Gasteiger partial charge in [-0.15, -0.1) is 0 Å². The van der Waals surface area contributed by atoms with Crippen LogP contribution in [0.25, 0.3) is 0 Å². The van der Waals surface area contributed by atoms with Crippen LogP contribution in [0.15, 0.2) is 6.33 Å². The first-order chi connectivity index (χ1) is 9.20. The van der Waals surface area contributed by atoms with E-state index in [1.54, 1.807) is 6.33 Å². The fourth-order valence-corrected chi connectivity index (χ4v) is 2.79. The number of hydrogen-bond donors (Lipinski definition) is 1. The molecule has 1 saturated carbocycles. The van der Waals surface area contributed by atoms with Crippen molar-refractivity contribution in [2.45, 2.75) is 71.4 Å². The Bertz CT molecular complexity index is 368. The summed E-state index contributed by atoms with van der Waals surface area (Å²) in [6, 6.07) is 0.958. The van der Waals surface area contributed by atoms with Crippen molar-refractivity contribution in [1.82, 2.24) is 20.1 Å². The van der Waals surface area contributed by atoms with Crippen LogP contribution in [0.4, 0.5) is 0 Å². The van der Waals surface area contributed by atoms with Crippen molar-refractivity contribution in [1.29, 1.82) is 0 Å². The molecule has 2 rings (SSSR count). The molecule has 4 heteroatoms. The van der Waals surface area contributed by atoms with Crippen molar-refractivity contribution in [2.75, 3.05) is 6.54 Å². The second-order valence-electron chi connectivity index (χ2n) is 6.10. The first kappa shape index (κ1) is 14.5. The molecule has 1 unspecified atom stereocenters. The van der Waals surface area contributed by atoms with Crippen molar-refractivity contribution in [3.05, 3.63) is 12.2 Å². The zero-order chi connectivity index (χ0) is 13.7. The van der Waals surface area contributed by atoms with E-state index in [9.17, 15) is 0 Å². The molecule has 1 atom stereocenters. The average Bonchev–Trinajstić information content (AvgIpc) is 2.78. The van der Waals surface area contributed by atoms with Gasteiger partial charge in [0.05, 0.1) is 0 Å². The van der Waals surface area contributed by atoms with Gasteiger partial charge in [0.1, 0.15) is 12.2 Å². The molecule has 0 bridgehead atoms. The summed E-state index contributed by atoms with van der Waals surface area (Å²) in [6.07, 6.45) is 9.45. The Labute approximate surface area is 117 Å². The van der Waals surface area contributed by atoms with Gasteiger partial charge in [0.15, 0.2) is 0 Å². The van der Waals surface area contributed by atoms with Gasteiger partial charge in [0.25, 0.3) is 0 Å². The lowest BCUT2D eigenvalue weighted by atomic mass is 9.80. The summed E-state index contributed by atoms with van der Waals surface area (Å²) < 4.78 is 2.06. The van der Waals surface area contributed by atoms with Gasteiger partial charge in [-0.1, -0.05) is 26.2 Å². The minimum Gasteiger partial charge on any atom is -0.314 e. The summed E-state index contributed by atoms with van der Waals surface area (Å²) in [4.78, 5) is 4.45. The molecule has 1 heterocycles. The van der Waals surface area contributed by atoms with E-state index in [1.165, 1.54) is 32.1 Å². The second kappa shape index (κ2) is 7.04. The van der Waals surface area contributed by atoms with E-state index in [2.05, 4.69) is 40.9 Å². The zero-order valence-electron chi connectivity index (χ0n) is 12.6. The summed E-state index contributed by atoms with van der Waals surface area (Å²) in [7, 11) is 0. The van der Waals surface area contributed by atoms with Crippen LogP contribution in [-0.4, -0.2) is 27.4 Å². The Balaban J connectivity index is 1.94. The van der Waals surface area contributed by atoms with Gasteiger partial charge in [-0.25, -0.2) is 9.67 Å². The first-order valence-electron chi connectivity index (χ1n) is 7.82. The molecule has 1 aliphatic rings. The van der Waals surface area contributed by atoms with E-state index in [-0.39, 0.29) is 0 Å². The van der Waals surface area contributed by atoms with E-state index in [0.29, 0.717) is 12.1 Å². The third-order valence-corrected chi connectivity index (χ3v) is 4.09. The molecule has 0 radical (unpaired) electrons. The predicted octanol–water partition coefficient (Wildman–Crippen LogP) is 2.96. The second-order valence-corrected chi connectivity index (χ2v) is 6.10. The van der Waals surface area contributed by atoms with Crippen LogP contribution in [0, 0.1) is 5.92 Å². The molecule has 0 aromatic carbocycles. The molecule has 1 aromatic heterocycles. The molecule has 0 amide bonds. The van der Waals surface area contributed by atoms with Crippen molar-refractivity contribution in [3.8, 4) is 0 Å². The topological polar surface area (TPSA) is 42.7 Å². The molecule has 108 valence electrons. The molecular formula is C15H28N4.